The molecule has 1 aromatic carbocycles. The Morgan fingerprint density at radius 1 is 1.33 bits per heavy atom. The van der Waals surface area contributed by atoms with E-state index in [2.05, 4.69) is 4.72 Å². The zero-order chi connectivity index (χ0) is 13.6. The van der Waals surface area contributed by atoms with Crippen molar-refractivity contribution >= 4 is 16.0 Å². The van der Waals surface area contributed by atoms with Crippen molar-refractivity contribution in [3.63, 3.8) is 0 Å². The summed E-state index contributed by atoms with van der Waals surface area (Å²) in [5.74, 6) is -1.16. The molecule has 0 aliphatic rings. The van der Waals surface area contributed by atoms with Gasteiger partial charge in [0.1, 0.15) is 0 Å². The van der Waals surface area contributed by atoms with Crippen LogP contribution in [0.25, 0.3) is 0 Å². The molecule has 18 heavy (non-hydrogen) atoms. The lowest BCUT2D eigenvalue weighted by molar-refractivity contribution is -0.137. The van der Waals surface area contributed by atoms with E-state index in [1.54, 1.807) is 6.92 Å². The summed E-state index contributed by atoms with van der Waals surface area (Å²) in [6, 6.07) is 8.89. The molecule has 0 aliphatic carbocycles. The third kappa shape index (κ3) is 5.29. The van der Waals surface area contributed by atoms with E-state index in [1.807, 2.05) is 30.3 Å². The monoisotopic (exact) mass is 271 g/mol. The molecule has 100 valence electrons. The van der Waals surface area contributed by atoms with E-state index in [0.29, 0.717) is 0 Å². The highest BCUT2D eigenvalue weighted by Gasteiger charge is 2.15. The topological polar surface area (TPSA) is 83.5 Å². The molecule has 0 aromatic heterocycles. The van der Waals surface area contributed by atoms with Crippen LogP contribution in [0.5, 0.6) is 0 Å². The number of carboxylic acid groups (broad SMARTS) is 1. The lowest BCUT2D eigenvalue weighted by Gasteiger charge is -2.14. The van der Waals surface area contributed by atoms with Gasteiger partial charge in [0.2, 0.25) is 10.0 Å². The van der Waals surface area contributed by atoms with Gasteiger partial charge in [-0.2, -0.15) is 0 Å². The number of nitrogens with one attached hydrogen (secondary N) is 1. The number of hydrogen-bond acceptors (Lipinski definition) is 3. The van der Waals surface area contributed by atoms with E-state index >= 15 is 0 Å². The largest absolute Gasteiger partial charge is 0.481 e. The van der Waals surface area contributed by atoms with Gasteiger partial charge < -0.3 is 5.11 Å². The summed E-state index contributed by atoms with van der Waals surface area (Å²) in [7, 11) is -3.44. The predicted octanol–water partition coefficient (Wildman–Crippen LogP) is 1.53. The van der Waals surface area contributed by atoms with Crippen LogP contribution < -0.4 is 4.72 Å². The van der Waals surface area contributed by atoms with Crippen molar-refractivity contribution in [1.82, 2.24) is 4.72 Å². The minimum Gasteiger partial charge on any atom is -0.481 e. The minimum atomic E-state index is -3.44. The molecule has 1 aromatic rings. The Morgan fingerprint density at radius 2 is 1.94 bits per heavy atom. The first kappa shape index (κ1) is 14.7. The molecular formula is C12H17NO4S. The molecule has 0 bridgehead atoms. The second-order valence-electron chi connectivity index (χ2n) is 4.07. The quantitative estimate of drug-likeness (QED) is 0.787. The Bertz CT molecular complexity index is 484. The van der Waals surface area contributed by atoms with Gasteiger partial charge in [0, 0.05) is 12.5 Å². The van der Waals surface area contributed by atoms with Gasteiger partial charge in [-0.1, -0.05) is 30.3 Å². The summed E-state index contributed by atoms with van der Waals surface area (Å²) in [5.41, 5.74) is 0.874. The Kier molecular flexibility index (Phi) is 5.30. The van der Waals surface area contributed by atoms with Crippen molar-refractivity contribution in [2.24, 2.45) is 0 Å². The summed E-state index contributed by atoms with van der Waals surface area (Å²) in [6.07, 6.45) is -0.0210. The Balaban J connectivity index is 2.53. The van der Waals surface area contributed by atoms with Gasteiger partial charge >= 0.3 is 5.97 Å². The summed E-state index contributed by atoms with van der Waals surface area (Å²) < 4.78 is 25.9. The molecule has 1 atom stereocenters. The van der Waals surface area contributed by atoms with Crippen LogP contribution in [0, 0.1) is 0 Å². The van der Waals surface area contributed by atoms with Gasteiger partial charge in [-0.15, -0.1) is 0 Å². The summed E-state index contributed by atoms with van der Waals surface area (Å²) in [4.78, 5) is 10.3. The molecule has 5 nitrogen and oxygen atoms in total. The zero-order valence-electron chi connectivity index (χ0n) is 10.2. The maximum atomic E-state index is 11.7. The molecule has 0 heterocycles. The zero-order valence-corrected chi connectivity index (χ0v) is 11.0. The van der Waals surface area contributed by atoms with Crippen LogP contribution in [0.3, 0.4) is 0 Å². The lowest BCUT2D eigenvalue weighted by atomic mass is 10.1. The number of rotatable bonds is 7. The molecule has 0 spiro atoms. The number of carbonyl (C=O) groups is 1. The fourth-order valence-corrected chi connectivity index (χ4v) is 2.87. The Morgan fingerprint density at radius 3 is 2.50 bits per heavy atom. The third-order valence-corrected chi connectivity index (χ3v) is 4.00. The van der Waals surface area contributed by atoms with Crippen LogP contribution >= 0.6 is 0 Å². The molecule has 0 radical (unpaired) electrons. The van der Waals surface area contributed by atoms with Crippen LogP contribution in [0.4, 0.5) is 0 Å². The molecule has 0 amide bonds. The van der Waals surface area contributed by atoms with E-state index in [0.717, 1.165) is 5.56 Å². The summed E-state index contributed by atoms with van der Waals surface area (Å²) in [6.45, 7) is 1.75. The maximum absolute atomic E-state index is 11.7. The molecule has 0 fully saturated rings. The van der Waals surface area contributed by atoms with Crippen molar-refractivity contribution < 1.29 is 18.3 Å². The highest BCUT2D eigenvalue weighted by Crippen LogP contribution is 2.12. The molecular weight excluding hydrogens is 254 g/mol. The van der Waals surface area contributed by atoms with Crippen LogP contribution in [0.2, 0.25) is 0 Å². The van der Waals surface area contributed by atoms with Crippen molar-refractivity contribution in [1.29, 1.82) is 0 Å². The van der Waals surface area contributed by atoms with E-state index in [1.165, 1.54) is 0 Å². The normalized spacial score (nSPS) is 13.2. The SMILES string of the molecule is C[C@@H](NS(=O)(=O)CCCC(=O)O)c1ccccc1. The second kappa shape index (κ2) is 6.51. The first-order valence-electron chi connectivity index (χ1n) is 5.67. The van der Waals surface area contributed by atoms with Gasteiger partial charge in [0.15, 0.2) is 0 Å². The predicted molar refractivity (Wildman–Crippen MR) is 68.6 cm³/mol. The molecule has 6 heteroatoms. The van der Waals surface area contributed by atoms with Crippen molar-refractivity contribution in [3.05, 3.63) is 35.9 Å². The van der Waals surface area contributed by atoms with E-state index in [9.17, 15) is 13.2 Å². The molecule has 0 saturated heterocycles. The van der Waals surface area contributed by atoms with Gasteiger partial charge in [-0.25, -0.2) is 13.1 Å². The lowest BCUT2D eigenvalue weighted by Crippen LogP contribution is -2.29. The van der Waals surface area contributed by atoms with E-state index < -0.39 is 16.0 Å². The number of hydrogen-bond donors (Lipinski definition) is 2. The number of sulfonamides is 1. The number of carboxylic acids is 1. The fraction of sp³-hybridized carbons (Fsp3) is 0.417. The first-order valence-corrected chi connectivity index (χ1v) is 7.33. The number of aliphatic carboxylic acids is 1. The van der Waals surface area contributed by atoms with Crippen LogP contribution in [0.1, 0.15) is 31.4 Å². The summed E-state index contributed by atoms with van der Waals surface area (Å²) >= 11 is 0. The molecule has 1 rings (SSSR count). The molecule has 2 N–H and O–H groups in total. The Labute approximate surface area is 107 Å². The fourth-order valence-electron chi connectivity index (χ4n) is 1.55. The van der Waals surface area contributed by atoms with E-state index in [4.69, 9.17) is 5.11 Å². The molecule has 0 aliphatic heterocycles. The van der Waals surface area contributed by atoms with Crippen molar-refractivity contribution in [3.8, 4) is 0 Å². The maximum Gasteiger partial charge on any atom is 0.303 e. The molecule has 0 saturated carbocycles. The highest BCUT2D eigenvalue weighted by atomic mass is 32.2. The average Bonchev–Trinajstić information content (AvgIpc) is 2.28. The highest BCUT2D eigenvalue weighted by molar-refractivity contribution is 7.89. The summed E-state index contributed by atoms with van der Waals surface area (Å²) in [5, 5.41) is 8.45. The van der Waals surface area contributed by atoms with Gasteiger partial charge in [-0.05, 0) is 18.9 Å². The van der Waals surface area contributed by atoms with Crippen LogP contribution in [0.15, 0.2) is 30.3 Å². The van der Waals surface area contributed by atoms with Crippen LogP contribution in [-0.2, 0) is 14.8 Å². The van der Waals surface area contributed by atoms with Crippen LogP contribution in [-0.4, -0.2) is 25.2 Å². The second-order valence-corrected chi connectivity index (χ2v) is 5.94. The van der Waals surface area contributed by atoms with Gasteiger partial charge in [-0.3, -0.25) is 4.79 Å². The average molecular weight is 271 g/mol. The Hall–Kier alpha value is -1.40. The standard InChI is InChI=1S/C12H17NO4S/c1-10(11-6-3-2-4-7-11)13-18(16,17)9-5-8-12(14)15/h2-4,6-7,10,13H,5,8-9H2,1H3,(H,14,15)/t10-/m1/s1. The third-order valence-electron chi connectivity index (χ3n) is 2.46. The van der Waals surface area contributed by atoms with Gasteiger partial charge in [0.25, 0.3) is 0 Å². The van der Waals surface area contributed by atoms with Crippen molar-refractivity contribution in [2.75, 3.05) is 5.75 Å². The smallest absolute Gasteiger partial charge is 0.303 e. The minimum absolute atomic E-state index is 0.117. The molecule has 0 unspecified atom stereocenters. The first-order chi connectivity index (χ1) is 8.41. The van der Waals surface area contributed by atoms with Crippen molar-refractivity contribution in [2.45, 2.75) is 25.8 Å². The van der Waals surface area contributed by atoms with E-state index in [-0.39, 0.29) is 24.6 Å². The van der Waals surface area contributed by atoms with Gasteiger partial charge in [0.05, 0.1) is 5.75 Å². The number of benzene rings is 1.